The summed E-state index contributed by atoms with van der Waals surface area (Å²) in [5, 5.41) is 6.08. The van der Waals surface area contributed by atoms with Crippen molar-refractivity contribution >= 4 is 17.3 Å². The molecule has 0 aliphatic carbocycles. The molecule has 124 valence electrons. The van der Waals surface area contributed by atoms with Crippen LogP contribution in [0.3, 0.4) is 0 Å². The Morgan fingerprint density at radius 3 is 2.52 bits per heavy atom. The molecular weight excluding hydrogens is 286 g/mol. The molecular formula is C19H27N3O. The number of hydrogen-bond donors (Lipinski definition) is 2. The van der Waals surface area contributed by atoms with Crippen molar-refractivity contribution in [3.63, 3.8) is 0 Å². The lowest BCUT2D eigenvalue weighted by molar-refractivity contribution is 0.0968. The van der Waals surface area contributed by atoms with Crippen LogP contribution in [-0.2, 0) is 0 Å². The van der Waals surface area contributed by atoms with Crippen molar-refractivity contribution < 1.29 is 4.79 Å². The lowest BCUT2D eigenvalue weighted by Gasteiger charge is -2.29. The molecule has 1 aromatic carbocycles. The van der Waals surface area contributed by atoms with Crippen LogP contribution in [0.5, 0.6) is 0 Å². The number of carbonyl (C=O) groups excluding carboxylic acids is 1. The van der Waals surface area contributed by atoms with Crippen molar-refractivity contribution in [2.24, 2.45) is 0 Å². The normalized spacial score (nSPS) is 15.8. The Bertz CT molecular complexity index is 599. The van der Waals surface area contributed by atoms with Crippen LogP contribution in [0, 0.1) is 0 Å². The molecule has 0 unspecified atom stereocenters. The minimum absolute atomic E-state index is 0.0839. The van der Waals surface area contributed by atoms with Gasteiger partial charge in [0.05, 0.1) is 5.56 Å². The number of rotatable bonds is 5. The molecule has 0 bridgehead atoms. The van der Waals surface area contributed by atoms with E-state index in [-0.39, 0.29) is 5.91 Å². The zero-order valence-corrected chi connectivity index (χ0v) is 14.4. The first-order valence-corrected chi connectivity index (χ1v) is 8.36. The zero-order valence-electron chi connectivity index (χ0n) is 14.4. The lowest BCUT2D eigenvalue weighted by atomic mass is 10.1. The largest absolute Gasteiger partial charge is 0.387 e. The van der Waals surface area contributed by atoms with Crippen LogP contribution in [0.15, 0.2) is 42.1 Å². The van der Waals surface area contributed by atoms with Crippen molar-refractivity contribution in [1.82, 2.24) is 5.32 Å². The molecule has 2 N–H and O–H groups in total. The van der Waals surface area contributed by atoms with Gasteiger partial charge in [-0.2, -0.15) is 0 Å². The van der Waals surface area contributed by atoms with Gasteiger partial charge in [0.2, 0.25) is 0 Å². The molecule has 0 atom stereocenters. The molecule has 4 nitrogen and oxygen atoms in total. The van der Waals surface area contributed by atoms with Crippen LogP contribution in [-0.4, -0.2) is 26.0 Å². The fourth-order valence-corrected chi connectivity index (χ4v) is 2.87. The van der Waals surface area contributed by atoms with Crippen LogP contribution in [0.1, 0.15) is 43.5 Å². The first kappa shape index (κ1) is 17.1. The highest BCUT2D eigenvalue weighted by molar-refractivity contribution is 6.01. The summed E-state index contributed by atoms with van der Waals surface area (Å²) in [6, 6.07) is 6.08. The summed E-state index contributed by atoms with van der Waals surface area (Å²) in [5.41, 5.74) is 3.46. The highest BCUT2D eigenvalue weighted by Gasteiger charge is 2.16. The van der Waals surface area contributed by atoms with Crippen LogP contribution in [0.2, 0.25) is 0 Å². The van der Waals surface area contributed by atoms with Crippen molar-refractivity contribution in [3.8, 4) is 0 Å². The Kier molecular flexibility index (Phi) is 6.27. The predicted molar refractivity (Wildman–Crippen MR) is 98.1 cm³/mol. The van der Waals surface area contributed by atoms with Gasteiger partial charge in [-0.1, -0.05) is 12.2 Å². The molecule has 1 saturated heterocycles. The number of carbonyl (C=O) groups is 1. The Hall–Kier alpha value is -2.23. The molecule has 0 radical (unpaired) electrons. The second-order valence-corrected chi connectivity index (χ2v) is 5.73. The standard InChI is InChI=1S/C19H27N3O/c1-4-9-15(5-2)21-19(23)17-14-16(10-11-18(17)20-3)22-12-7-6-8-13-22/h4-5,9-11,14,20H,6-8,12-13H2,1-3H3,(H,21,23)/b9-4-,15-5+. The topological polar surface area (TPSA) is 44.4 Å². The molecule has 1 fully saturated rings. The second-order valence-electron chi connectivity index (χ2n) is 5.73. The van der Waals surface area contributed by atoms with E-state index >= 15 is 0 Å². The number of benzene rings is 1. The van der Waals surface area contributed by atoms with Gasteiger partial charge in [-0.05, 0) is 57.4 Å². The first-order chi connectivity index (χ1) is 11.2. The molecule has 1 amide bonds. The van der Waals surface area contributed by atoms with E-state index in [1.165, 1.54) is 19.3 Å². The number of piperidine rings is 1. The van der Waals surface area contributed by atoms with Crippen LogP contribution < -0.4 is 15.5 Å². The number of hydrogen-bond acceptors (Lipinski definition) is 3. The van der Waals surface area contributed by atoms with E-state index in [1.807, 2.05) is 51.3 Å². The van der Waals surface area contributed by atoms with Gasteiger partial charge in [-0.25, -0.2) is 0 Å². The molecule has 1 aromatic rings. The van der Waals surface area contributed by atoms with E-state index in [1.54, 1.807) is 0 Å². The molecule has 0 saturated carbocycles. The number of anilines is 2. The van der Waals surface area contributed by atoms with Gasteiger partial charge in [-0.3, -0.25) is 4.79 Å². The van der Waals surface area contributed by atoms with E-state index in [4.69, 9.17) is 0 Å². The van der Waals surface area contributed by atoms with Crippen molar-refractivity contribution in [1.29, 1.82) is 0 Å². The molecule has 23 heavy (non-hydrogen) atoms. The maximum Gasteiger partial charge on any atom is 0.257 e. The fraction of sp³-hybridized carbons (Fsp3) is 0.421. The highest BCUT2D eigenvalue weighted by atomic mass is 16.1. The average Bonchev–Trinajstić information content (AvgIpc) is 2.61. The zero-order chi connectivity index (χ0) is 16.7. The Morgan fingerprint density at radius 1 is 1.17 bits per heavy atom. The summed E-state index contributed by atoms with van der Waals surface area (Å²) in [5.74, 6) is -0.0839. The van der Waals surface area contributed by atoms with Crippen molar-refractivity contribution in [2.45, 2.75) is 33.1 Å². The van der Waals surface area contributed by atoms with Crippen molar-refractivity contribution in [3.05, 3.63) is 47.7 Å². The van der Waals surface area contributed by atoms with Gasteiger partial charge in [-0.15, -0.1) is 0 Å². The van der Waals surface area contributed by atoms with Crippen molar-refractivity contribution in [2.75, 3.05) is 30.4 Å². The summed E-state index contributed by atoms with van der Waals surface area (Å²) < 4.78 is 0. The monoisotopic (exact) mass is 313 g/mol. The molecule has 1 aliphatic rings. The molecule has 0 aromatic heterocycles. The van der Waals surface area contributed by atoms with Gasteiger partial charge in [0.25, 0.3) is 5.91 Å². The Morgan fingerprint density at radius 2 is 1.91 bits per heavy atom. The summed E-state index contributed by atoms with van der Waals surface area (Å²) in [4.78, 5) is 15.0. The van der Waals surface area contributed by atoms with Gasteiger partial charge in [0, 0.05) is 37.2 Å². The van der Waals surface area contributed by atoms with Crippen LogP contribution in [0.25, 0.3) is 0 Å². The van der Waals surface area contributed by atoms with Gasteiger partial charge in [0.1, 0.15) is 0 Å². The molecule has 1 heterocycles. The van der Waals surface area contributed by atoms with E-state index in [2.05, 4.69) is 21.6 Å². The molecule has 1 aliphatic heterocycles. The summed E-state index contributed by atoms with van der Waals surface area (Å²) in [6.07, 6.45) is 9.45. The minimum atomic E-state index is -0.0839. The summed E-state index contributed by atoms with van der Waals surface area (Å²) >= 11 is 0. The first-order valence-electron chi connectivity index (χ1n) is 8.36. The summed E-state index contributed by atoms with van der Waals surface area (Å²) in [6.45, 7) is 5.99. The lowest BCUT2D eigenvalue weighted by Crippen LogP contribution is -2.30. The Balaban J connectivity index is 2.25. The second kappa shape index (κ2) is 8.42. The number of allylic oxidation sites excluding steroid dienone is 3. The summed E-state index contributed by atoms with van der Waals surface area (Å²) in [7, 11) is 1.84. The van der Waals surface area contributed by atoms with Gasteiger partial charge >= 0.3 is 0 Å². The maximum absolute atomic E-state index is 12.7. The van der Waals surface area contributed by atoms with E-state index in [9.17, 15) is 4.79 Å². The molecule has 4 heteroatoms. The smallest absolute Gasteiger partial charge is 0.257 e. The fourth-order valence-electron chi connectivity index (χ4n) is 2.87. The highest BCUT2D eigenvalue weighted by Crippen LogP contribution is 2.25. The van der Waals surface area contributed by atoms with Gasteiger partial charge in [0.15, 0.2) is 0 Å². The minimum Gasteiger partial charge on any atom is -0.387 e. The third kappa shape index (κ3) is 4.38. The molecule has 2 rings (SSSR count). The third-order valence-electron chi connectivity index (χ3n) is 4.15. The van der Waals surface area contributed by atoms with Gasteiger partial charge < -0.3 is 15.5 Å². The quantitative estimate of drug-likeness (QED) is 0.810. The molecule has 0 spiro atoms. The number of nitrogens with zero attached hydrogens (tertiary/aromatic N) is 1. The Labute approximate surface area is 139 Å². The maximum atomic E-state index is 12.7. The van der Waals surface area contributed by atoms with Crippen LogP contribution in [0.4, 0.5) is 11.4 Å². The van der Waals surface area contributed by atoms with E-state index in [0.29, 0.717) is 5.56 Å². The number of nitrogens with one attached hydrogen (secondary N) is 2. The van der Waals surface area contributed by atoms with Crippen LogP contribution >= 0.6 is 0 Å². The van der Waals surface area contributed by atoms with E-state index in [0.717, 1.165) is 30.2 Å². The average molecular weight is 313 g/mol. The predicted octanol–water partition coefficient (Wildman–Crippen LogP) is 3.93. The number of amides is 1. The van der Waals surface area contributed by atoms with E-state index < -0.39 is 0 Å². The SMILES string of the molecule is C/C=C\C(=C/C)NC(=O)c1cc(N2CCCCC2)ccc1NC. The third-order valence-corrected chi connectivity index (χ3v) is 4.15.